The molecule has 0 spiro atoms. The largest absolute Gasteiger partial charge is 0.139 e. The fraction of sp³-hybridized carbons (Fsp3) is 0.111. The number of benzene rings is 1. The zero-order valence-electron chi connectivity index (χ0n) is 6.70. The molecule has 0 radical (unpaired) electrons. The van der Waals surface area contributed by atoms with Crippen molar-refractivity contribution in [1.82, 2.24) is 0 Å². The molecule has 0 saturated carbocycles. The van der Waals surface area contributed by atoms with Gasteiger partial charge in [0, 0.05) is 10.3 Å². The summed E-state index contributed by atoms with van der Waals surface area (Å²) in [6, 6.07) is 3.68. The van der Waals surface area contributed by atoms with Crippen LogP contribution in [0.15, 0.2) is 12.1 Å². The molecule has 0 aliphatic rings. The van der Waals surface area contributed by atoms with Gasteiger partial charge >= 0.3 is 0 Å². The average molecular weight is 252 g/mol. The number of halogens is 3. The Hall–Kier alpha value is 0.0500. The van der Waals surface area contributed by atoms with Crippen LogP contribution in [0.5, 0.6) is 0 Å². The van der Waals surface area contributed by atoms with Gasteiger partial charge in [-0.3, -0.25) is 0 Å². The second-order valence-electron chi connectivity index (χ2n) is 2.75. The highest BCUT2D eigenvalue weighted by molar-refractivity contribution is 7.19. The average Bonchev–Trinajstić information content (AvgIpc) is 2.44. The van der Waals surface area contributed by atoms with Crippen molar-refractivity contribution in [2.45, 2.75) is 6.92 Å². The van der Waals surface area contributed by atoms with Gasteiger partial charge in [0.2, 0.25) is 0 Å². The first-order valence-corrected chi connectivity index (χ1v) is 5.58. The standard InChI is InChI=1S/C9H5Cl3S/c1-4-2-5-8(12)6(10)3-7(11)9(5)13-4/h2-3H,1H3. The highest BCUT2D eigenvalue weighted by atomic mass is 35.5. The van der Waals surface area contributed by atoms with Crippen LogP contribution < -0.4 is 0 Å². The predicted octanol–water partition coefficient (Wildman–Crippen LogP) is 5.17. The minimum Gasteiger partial charge on any atom is -0.139 e. The van der Waals surface area contributed by atoms with E-state index in [0.29, 0.717) is 15.1 Å². The maximum Gasteiger partial charge on any atom is 0.0680 e. The Bertz CT molecular complexity index is 473. The lowest BCUT2D eigenvalue weighted by Gasteiger charge is -1.98. The Balaban J connectivity index is 2.95. The molecule has 0 aliphatic carbocycles. The molecule has 0 saturated heterocycles. The summed E-state index contributed by atoms with van der Waals surface area (Å²) in [6.45, 7) is 2.02. The van der Waals surface area contributed by atoms with E-state index in [-0.39, 0.29) is 0 Å². The topological polar surface area (TPSA) is 0 Å². The molecule has 0 bridgehead atoms. The first kappa shape index (κ1) is 9.60. The molecule has 1 aromatic heterocycles. The Morgan fingerprint density at radius 3 is 2.46 bits per heavy atom. The summed E-state index contributed by atoms with van der Waals surface area (Å²) in [5.41, 5.74) is 0. The first-order chi connectivity index (χ1) is 6.09. The summed E-state index contributed by atoms with van der Waals surface area (Å²) < 4.78 is 1.01. The fourth-order valence-corrected chi connectivity index (χ4v) is 3.00. The number of aryl methyl sites for hydroxylation is 1. The molecule has 0 fully saturated rings. The molecular formula is C9H5Cl3S. The van der Waals surface area contributed by atoms with Gasteiger partial charge in [-0.15, -0.1) is 11.3 Å². The highest BCUT2D eigenvalue weighted by Gasteiger charge is 2.10. The minimum absolute atomic E-state index is 0.511. The summed E-state index contributed by atoms with van der Waals surface area (Å²) in [6.07, 6.45) is 0. The maximum absolute atomic E-state index is 6.03. The van der Waals surface area contributed by atoms with Crippen LogP contribution in [0.2, 0.25) is 15.1 Å². The van der Waals surface area contributed by atoms with Crippen molar-refractivity contribution in [3.63, 3.8) is 0 Å². The second-order valence-corrected chi connectivity index (χ2v) is 5.20. The molecule has 68 valence electrons. The molecule has 2 rings (SSSR count). The van der Waals surface area contributed by atoms with E-state index in [9.17, 15) is 0 Å². The number of hydrogen-bond donors (Lipinski definition) is 0. The van der Waals surface area contributed by atoms with Crippen LogP contribution >= 0.6 is 46.1 Å². The van der Waals surface area contributed by atoms with Gasteiger partial charge < -0.3 is 0 Å². The molecule has 0 unspecified atom stereocenters. The number of hydrogen-bond acceptors (Lipinski definition) is 1. The van der Waals surface area contributed by atoms with Gasteiger partial charge in [-0.05, 0) is 19.1 Å². The fourth-order valence-electron chi connectivity index (χ4n) is 1.22. The molecule has 2 aromatic rings. The molecule has 1 heterocycles. The van der Waals surface area contributed by atoms with Crippen molar-refractivity contribution in [3.05, 3.63) is 32.1 Å². The molecular weight excluding hydrogens is 247 g/mol. The lowest BCUT2D eigenvalue weighted by Crippen LogP contribution is -1.71. The molecule has 4 heteroatoms. The monoisotopic (exact) mass is 250 g/mol. The molecule has 0 aliphatic heterocycles. The molecule has 0 amide bonds. The van der Waals surface area contributed by atoms with Gasteiger partial charge in [-0.1, -0.05) is 34.8 Å². The van der Waals surface area contributed by atoms with Crippen molar-refractivity contribution in [3.8, 4) is 0 Å². The van der Waals surface area contributed by atoms with Crippen molar-refractivity contribution < 1.29 is 0 Å². The molecule has 0 atom stereocenters. The second kappa shape index (κ2) is 3.32. The summed E-state index contributed by atoms with van der Waals surface area (Å²) in [5, 5.41) is 2.71. The van der Waals surface area contributed by atoms with E-state index in [1.54, 1.807) is 17.4 Å². The third-order valence-corrected chi connectivity index (χ3v) is 4.07. The zero-order valence-corrected chi connectivity index (χ0v) is 9.78. The van der Waals surface area contributed by atoms with E-state index in [1.165, 1.54) is 4.88 Å². The molecule has 13 heavy (non-hydrogen) atoms. The summed E-state index contributed by atoms with van der Waals surface area (Å²) in [7, 11) is 0. The van der Waals surface area contributed by atoms with Gasteiger partial charge in [0.25, 0.3) is 0 Å². The third-order valence-electron chi connectivity index (χ3n) is 1.77. The highest BCUT2D eigenvalue weighted by Crippen LogP contribution is 2.40. The normalized spacial score (nSPS) is 11.1. The van der Waals surface area contributed by atoms with E-state index < -0.39 is 0 Å². The summed E-state index contributed by atoms with van der Waals surface area (Å²) in [4.78, 5) is 1.18. The van der Waals surface area contributed by atoms with E-state index in [0.717, 1.165) is 10.1 Å². The lowest BCUT2D eigenvalue weighted by molar-refractivity contribution is 1.65. The minimum atomic E-state index is 0.511. The Morgan fingerprint density at radius 1 is 1.08 bits per heavy atom. The van der Waals surface area contributed by atoms with Crippen molar-refractivity contribution in [2.24, 2.45) is 0 Å². The molecule has 0 N–H and O–H groups in total. The SMILES string of the molecule is Cc1cc2c(Cl)c(Cl)cc(Cl)c2s1. The van der Waals surface area contributed by atoms with E-state index >= 15 is 0 Å². The third kappa shape index (κ3) is 1.55. The van der Waals surface area contributed by atoms with Gasteiger partial charge in [-0.2, -0.15) is 0 Å². The summed E-state index contributed by atoms with van der Waals surface area (Å²) >= 11 is 19.6. The predicted molar refractivity (Wildman–Crippen MR) is 61.6 cm³/mol. The van der Waals surface area contributed by atoms with Gasteiger partial charge in [0.1, 0.15) is 0 Å². The zero-order chi connectivity index (χ0) is 9.59. The van der Waals surface area contributed by atoms with Crippen LogP contribution in [0.25, 0.3) is 10.1 Å². The van der Waals surface area contributed by atoms with Gasteiger partial charge in [0.05, 0.1) is 19.8 Å². The van der Waals surface area contributed by atoms with E-state index in [4.69, 9.17) is 34.8 Å². The molecule has 1 aromatic carbocycles. The Morgan fingerprint density at radius 2 is 1.77 bits per heavy atom. The van der Waals surface area contributed by atoms with Crippen LogP contribution in [0, 0.1) is 6.92 Å². The number of thiophene rings is 1. The molecule has 0 nitrogen and oxygen atoms in total. The van der Waals surface area contributed by atoms with Crippen molar-refractivity contribution in [2.75, 3.05) is 0 Å². The number of rotatable bonds is 0. The van der Waals surface area contributed by atoms with E-state index in [1.807, 2.05) is 13.0 Å². The maximum atomic E-state index is 6.03. The Kier molecular flexibility index (Phi) is 2.45. The Labute approximate surface area is 95.0 Å². The van der Waals surface area contributed by atoms with Gasteiger partial charge in [-0.25, -0.2) is 0 Å². The lowest BCUT2D eigenvalue weighted by atomic mass is 10.2. The summed E-state index contributed by atoms with van der Waals surface area (Å²) in [5.74, 6) is 0. The van der Waals surface area contributed by atoms with Crippen LogP contribution in [-0.4, -0.2) is 0 Å². The van der Waals surface area contributed by atoms with Crippen LogP contribution in [0.3, 0.4) is 0 Å². The van der Waals surface area contributed by atoms with E-state index in [2.05, 4.69) is 0 Å². The van der Waals surface area contributed by atoms with Crippen molar-refractivity contribution in [1.29, 1.82) is 0 Å². The van der Waals surface area contributed by atoms with Gasteiger partial charge in [0.15, 0.2) is 0 Å². The van der Waals surface area contributed by atoms with Crippen LogP contribution in [0.4, 0.5) is 0 Å². The van der Waals surface area contributed by atoms with Crippen molar-refractivity contribution >= 4 is 56.2 Å². The quantitative estimate of drug-likeness (QED) is 0.567. The van der Waals surface area contributed by atoms with Crippen LogP contribution in [0.1, 0.15) is 4.88 Å². The van der Waals surface area contributed by atoms with Crippen LogP contribution in [-0.2, 0) is 0 Å². The smallest absolute Gasteiger partial charge is 0.0680 e. The first-order valence-electron chi connectivity index (χ1n) is 3.63. The number of fused-ring (bicyclic) bond motifs is 1.